The van der Waals surface area contributed by atoms with Crippen molar-refractivity contribution >= 4 is 21.9 Å². The number of carboxylic acids is 1. The average Bonchev–Trinajstić information content (AvgIpc) is 2.81. The van der Waals surface area contributed by atoms with Crippen LogP contribution in [-0.4, -0.2) is 11.1 Å². The van der Waals surface area contributed by atoms with Crippen LogP contribution in [0.5, 0.6) is 5.75 Å². The molecule has 1 atom stereocenters. The zero-order valence-electron chi connectivity index (χ0n) is 10.3. The maximum atomic E-state index is 13.4. The molecule has 2 aromatic rings. The van der Waals surface area contributed by atoms with Gasteiger partial charge in [-0.25, -0.2) is 9.18 Å². The summed E-state index contributed by atoms with van der Waals surface area (Å²) in [5, 5.41) is 9.62. The Bertz CT molecular complexity index is 687. The molecule has 1 aliphatic heterocycles. The van der Waals surface area contributed by atoms with Gasteiger partial charge in [0.1, 0.15) is 11.6 Å². The molecule has 2 aromatic carbocycles. The number of hydrogen-bond acceptors (Lipinski definition) is 2. The molecule has 5 heteroatoms. The van der Waals surface area contributed by atoms with Crippen LogP contribution in [0.1, 0.15) is 11.1 Å². The molecule has 0 saturated carbocycles. The second kappa shape index (κ2) is 4.59. The van der Waals surface area contributed by atoms with E-state index in [1.165, 1.54) is 12.1 Å². The van der Waals surface area contributed by atoms with Crippen molar-refractivity contribution in [3.8, 4) is 5.75 Å². The van der Waals surface area contributed by atoms with Crippen LogP contribution < -0.4 is 4.74 Å². The second-order valence-electron chi connectivity index (χ2n) is 4.64. The predicted octanol–water partition coefficient (Wildman–Crippen LogP) is 3.50. The van der Waals surface area contributed by atoms with Crippen molar-refractivity contribution in [2.24, 2.45) is 0 Å². The minimum Gasteiger partial charge on any atom is -0.478 e. The fourth-order valence-corrected chi connectivity index (χ4v) is 2.98. The maximum absolute atomic E-state index is 13.4. The quantitative estimate of drug-likeness (QED) is 0.912. The lowest BCUT2D eigenvalue weighted by atomic mass is 9.89. The zero-order chi connectivity index (χ0) is 14.3. The van der Waals surface area contributed by atoms with E-state index in [1.54, 1.807) is 30.3 Å². The highest BCUT2D eigenvalue weighted by atomic mass is 79.9. The van der Waals surface area contributed by atoms with Gasteiger partial charge in [0.25, 0.3) is 0 Å². The van der Waals surface area contributed by atoms with Gasteiger partial charge in [0.2, 0.25) is 5.60 Å². The monoisotopic (exact) mass is 336 g/mol. The van der Waals surface area contributed by atoms with E-state index >= 15 is 0 Å². The first-order valence-corrected chi connectivity index (χ1v) is 6.78. The van der Waals surface area contributed by atoms with Crippen LogP contribution in [0.3, 0.4) is 0 Å². The Morgan fingerprint density at radius 1 is 1.30 bits per heavy atom. The van der Waals surface area contributed by atoms with E-state index in [9.17, 15) is 14.3 Å². The highest BCUT2D eigenvalue weighted by Crippen LogP contribution is 2.45. The summed E-state index contributed by atoms with van der Waals surface area (Å²) in [7, 11) is 0. The number of rotatable bonds is 2. The molecule has 102 valence electrons. The Labute approximate surface area is 123 Å². The lowest BCUT2D eigenvalue weighted by Gasteiger charge is -2.24. The van der Waals surface area contributed by atoms with Gasteiger partial charge in [-0.15, -0.1) is 0 Å². The molecule has 3 rings (SSSR count). The van der Waals surface area contributed by atoms with Crippen molar-refractivity contribution in [2.45, 2.75) is 12.0 Å². The van der Waals surface area contributed by atoms with E-state index in [1.807, 2.05) is 0 Å². The molecule has 0 aliphatic carbocycles. The molecule has 0 bridgehead atoms. The van der Waals surface area contributed by atoms with E-state index in [4.69, 9.17) is 4.74 Å². The Morgan fingerprint density at radius 2 is 2.00 bits per heavy atom. The molecule has 0 spiro atoms. The molecular weight excluding hydrogens is 327 g/mol. The molecule has 0 amide bonds. The maximum Gasteiger partial charge on any atom is 0.353 e. The van der Waals surface area contributed by atoms with Gasteiger partial charge in [-0.3, -0.25) is 0 Å². The van der Waals surface area contributed by atoms with Crippen LogP contribution in [0.25, 0.3) is 0 Å². The number of carboxylic acid groups (broad SMARTS) is 1. The summed E-state index contributed by atoms with van der Waals surface area (Å²) in [6.07, 6.45) is 0.155. The first-order valence-electron chi connectivity index (χ1n) is 5.99. The average molecular weight is 337 g/mol. The Kier molecular flexibility index (Phi) is 3.01. The number of carbonyl (C=O) groups is 1. The van der Waals surface area contributed by atoms with Crippen LogP contribution in [0.4, 0.5) is 4.39 Å². The van der Waals surface area contributed by atoms with Crippen LogP contribution in [0.2, 0.25) is 0 Å². The summed E-state index contributed by atoms with van der Waals surface area (Å²) >= 11 is 3.26. The third kappa shape index (κ3) is 1.89. The van der Waals surface area contributed by atoms with Crippen molar-refractivity contribution in [1.82, 2.24) is 0 Å². The fourth-order valence-electron chi connectivity index (χ4n) is 2.43. The molecular formula is C15H10BrFO3. The van der Waals surface area contributed by atoms with Gasteiger partial charge in [-0.2, -0.15) is 0 Å². The largest absolute Gasteiger partial charge is 0.478 e. The smallest absolute Gasteiger partial charge is 0.353 e. The summed E-state index contributed by atoms with van der Waals surface area (Å²) in [4.78, 5) is 11.8. The molecule has 0 saturated heterocycles. The zero-order valence-corrected chi connectivity index (χ0v) is 11.9. The van der Waals surface area contributed by atoms with Crippen LogP contribution in [0.15, 0.2) is 46.9 Å². The van der Waals surface area contributed by atoms with Crippen molar-refractivity contribution in [3.05, 3.63) is 63.9 Å². The molecule has 3 nitrogen and oxygen atoms in total. The Morgan fingerprint density at radius 3 is 2.65 bits per heavy atom. The number of ether oxygens (including phenoxy) is 1. The van der Waals surface area contributed by atoms with E-state index in [2.05, 4.69) is 15.9 Å². The van der Waals surface area contributed by atoms with Gasteiger partial charge in [0, 0.05) is 28.1 Å². The SMILES string of the molecule is O=C(O)C1(c2ccccc2)Cc2c(Br)cc(F)cc2O1. The lowest BCUT2D eigenvalue weighted by Crippen LogP contribution is -2.40. The third-order valence-corrected chi connectivity index (χ3v) is 4.12. The molecule has 1 aliphatic rings. The molecule has 20 heavy (non-hydrogen) atoms. The van der Waals surface area contributed by atoms with E-state index in [0.717, 1.165) is 0 Å². The number of fused-ring (bicyclic) bond motifs is 1. The van der Waals surface area contributed by atoms with Crippen LogP contribution >= 0.6 is 15.9 Å². The number of aliphatic carboxylic acids is 1. The lowest BCUT2D eigenvalue weighted by molar-refractivity contribution is -0.154. The van der Waals surface area contributed by atoms with Gasteiger partial charge in [0.15, 0.2) is 0 Å². The third-order valence-electron chi connectivity index (χ3n) is 3.41. The molecule has 1 unspecified atom stereocenters. The summed E-state index contributed by atoms with van der Waals surface area (Å²) in [6.45, 7) is 0. The van der Waals surface area contributed by atoms with E-state index in [0.29, 0.717) is 15.6 Å². The molecule has 0 radical (unpaired) electrons. The molecule has 1 heterocycles. The van der Waals surface area contributed by atoms with Crippen LogP contribution in [0, 0.1) is 5.82 Å². The fraction of sp³-hybridized carbons (Fsp3) is 0.133. The summed E-state index contributed by atoms with van der Waals surface area (Å²) in [6, 6.07) is 11.2. The highest BCUT2D eigenvalue weighted by molar-refractivity contribution is 9.10. The Balaban J connectivity index is 2.14. The van der Waals surface area contributed by atoms with Crippen LogP contribution in [-0.2, 0) is 16.8 Å². The summed E-state index contributed by atoms with van der Waals surface area (Å²) in [5.74, 6) is -1.29. The second-order valence-corrected chi connectivity index (χ2v) is 5.50. The molecule has 1 N–H and O–H groups in total. The highest BCUT2D eigenvalue weighted by Gasteiger charge is 2.49. The molecule has 0 aromatic heterocycles. The van der Waals surface area contributed by atoms with Gasteiger partial charge >= 0.3 is 5.97 Å². The van der Waals surface area contributed by atoms with Gasteiger partial charge in [-0.05, 0) is 6.07 Å². The van der Waals surface area contributed by atoms with E-state index in [-0.39, 0.29) is 12.2 Å². The first-order chi connectivity index (χ1) is 9.53. The van der Waals surface area contributed by atoms with E-state index < -0.39 is 17.4 Å². The normalized spacial score (nSPS) is 20.3. The van der Waals surface area contributed by atoms with Gasteiger partial charge < -0.3 is 9.84 Å². The van der Waals surface area contributed by atoms with Gasteiger partial charge in [0.05, 0.1) is 0 Å². The minimum atomic E-state index is -1.50. The molecule has 0 fully saturated rings. The number of halogens is 2. The number of benzene rings is 2. The van der Waals surface area contributed by atoms with Crippen molar-refractivity contribution in [3.63, 3.8) is 0 Å². The van der Waals surface area contributed by atoms with Crippen molar-refractivity contribution in [2.75, 3.05) is 0 Å². The summed E-state index contributed by atoms with van der Waals surface area (Å²) < 4.78 is 19.6. The summed E-state index contributed by atoms with van der Waals surface area (Å²) in [5.41, 5.74) is -0.298. The first kappa shape index (κ1) is 13.1. The van der Waals surface area contributed by atoms with Crippen molar-refractivity contribution < 1.29 is 19.0 Å². The van der Waals surface area contributed by atoms with Crippen molar-refractivity contribution in [1.29, 1.82) is 0 Å². The predicted molar refractivity (Wildman–Crippen MR) is 74.2 cm³/mol. The standard InChI is InChI=1S/C15H10BrFO3/c16-12-6-10(17)7-13-11(12)8-15(20-13,14(18)19)9-4-2-1-3-5-9/h1-7H,8H2,(H,18,19). The number of hydrogen-bond donors (Lipinski definition) is 1. The minimum absolute atomic E-state index is 0.155. The Hall–Kier alpha value is -1.88. The van der Waals surface area contributed by atoms with Gasteiger partial charge in [-0.1, -0.05) is 46.3 Å². The topological polar surface area (TPSA) is 46.5 Å².